The van der Waals surface area contributed by atoms with Crippen LogP contribution in [0.1, 0.15) is 10.4 Å². The Kier molecular flexibility index (Phi) is 5.15. The number of hydrogen-bond donors (Lipinski definition) is 1. The number of hydrogen-bond acceptors (Lipinski definition) is 2. The van der Waals surface area contributed by atoms with Crippen LogP contribution in [0.4, 0.5) is 0 Å². The van der Waals surface area contributed by atoms with Gasteiger partial charge in [-0.25, -0.2) is 9.48 Å². The lowest BCUT2D eigenvalue weighted by atomic mass is 10.0. The van der Waals surface area contributed by atoms with E-state index in [2.05, 4.69) is 31.9 Å². The minimum atomic E-state index is -1.01. The van der Waals surface area contributed by atoms with E-state index >= 15 is 0 Å². The van der Waals surface area contributed by atoms with Gasteiger partial charge in [-0.3, -0.25) is 0 Å². The summed E-state index contributed by atoms with van der Waals surface area (Å²) in [6, 6.07) is 24.6. The van der Waals surface area contributed by atoms with E-state index in [4.69, 9.17) is 5.10 Å². The molecule has 0 atom stereocenters. The molecule has 0 saturated heterocycles. The fourth-order valence-corrected chi connectivity index (χ4v) is 3.59. The number of aromatic nitrogens is 2. The second-order valence-electron chi connectivity index (χ2n) is 6.14. The summed E-state index contributed by atoms with van der Waals surface area (Å²) in [5.74, 6) is -1.01. The molecule has 3 aromatic carbocycles. The van der Waals surface area contributed by atoms with Crippen molar-refractivity contribution < 1.29 is 9.90 Å². The van der Waals surface area contributed by atoms with Crippen LogP contribution in [-0.4, -0.2) is 20.9 Å². The van der Waals surface area contributed by atoms with Crippen LogP contribution in [0.25, 0.3) is 28.2 Å². The fourth-order valence-electron chi connectivity index (χ4n) is 3.06. The van der Waals surface area contributed by atoms with E-state index in [1.54, 1.807) is 4.68 Å². The van der Waals surface area contributed by atoms with Crippen LogP contribution in [-0.2, 0) is 0 Å². The zero-order valence-electron chi connectivity index (χ0n) is 14.5. The van der Waals surface area contributed by atoms with Gasteiger partial charge in [0.1, 0.15) is 11.3 Å². The monoisotopic (exact) mass is 496 g/mol. The molecule has 0 bridgehead atoms. The number of aromatic carboxylic acids is 1. The van der Waals surface area contributed by atoms with Gasteiger partial charge in [-0.15, -0.1) is 0 Å². The number of nitrogens with zero attached hydrogens (tertiary/aromatic N) is 2. The lowest BCUT2D eigenvalue weighted by Crippen LogP contribution is -2.03. The number of carboxylic acid groups (broad SMARTS) is 1. The predicted octanol–water partition coefficient (Wildman–Crippen LogP) is 6.43. The Morgan fingerprint density at radius 3 is 1.93 bits per heavy atom. The first kappa shape index (κ1) is 18.7. The van der Waals surface area contributed by atoms with Crippen molar-refractivity contribution >= 4 is 37.8 Å². The Hall–Kier alpha value is -2.70. The summed E-state index contributed by atoms with van der Waals surface area (Å²) in [4.78, 5) is 12.3. The summed E-state index contributed by atoms with van der Waals surface area (Å²) < 4.78 is 3.56. The van der Waals surface area contributed by atoms with Crippen molar-refractivity contribution in [3.05, 3.63) is 93.4 Å². The molecule has 0 fully saturated rings. The summed E-state index contributed by atoms with van der Waals surface area (Å²) >= 11 is 6.86. The van der Waals surface area contributed by atoms with E-state index in [1.165, 1.54) is 0 Å². The molecular formula is C22H14Br2N2O2. The molecule has 4 rings (SSSR count). The molecule has 0 radical (unpaired) electrons. The second-order valence-corrected chi connectivity index (χ2v) is 7.97. The normalized spacial score (nSPS) is 10.8. The molecular weight excluding hydrogens is 484 g/mol. The van der Waals surface area contributed by atoms with Gasteiger partial charge in [0.2, 0.25) is 0 Å². The van der Waals surface area contributed by atoms with Crippen molar-refractivity contribution in [1.82, 2.24) is 9.78 Å². The lowest BCUT2D eigenvalue weighted by Gasteiger charge is -2.09. The third-order valence-corrected chi connectivity index (χ3v) is 5.39. The number of rotatable bonds is 4. The SMILES string of the molecule is O=C(O)c1c(-c2ccc(Br)cc2)nn(-c2ccc(Br)cc2)c1-c1ccccc1. The van der Waals surface area contributed by atoms with Crippen LogP contribution >= 0.6 is 31.9 Å². The van der Waals surface area contributed by atoms with E-state index in [1.807, 2.05) is 78.9 Å². The van der Waals surface area contributed by atoms with Gasteiger partial charge in [-0.1, -0.05) is 74.3 Å². The maximum absolute atomic E-state index is 12.3. The molecule has 138 valence electrons. The molecule has 4 nitrogen and oxygen atoms in total. The molecule has 1 heterocycles. The minimum Gasteiger partial charge on any atom is -0.478 e. The van der Waals surface area contributed by atoms with Crippen LogP contribution in [0.15, 0.2) is 87.8 Å². The third kappa shape index (κ3) is 3.53. The maximum Gasteiger partial charge on any atom is 0.340 e. The first-order chi connectivity index (χ1) is 13.5. The second kappa shape index (κ2) is 7.73. The van der Waals surface area contributed by atoms with Crippen LogP contribution in [0, 0.1) is 0 Å². The van der Waals surface area contributed by atoms with E-state index in [0.717, 1.165) is 25.8 Å². The zero-order valence-corrected chi connectivity index (χ0v) is 17.7. The lowest BCUT2D eigenvalue weighted by molar-refractivity contribution is 0.0698. The average molecular weight is 498 g/mol. The van der Waals surface area contributed by atoms with E-state index < -0.39 is 5.97 Å². The minimum absolute atomic E-state index is 0.177. The Balaban J connectivity index is 2.04. The molecule has 1 N–H and O–H groups in total. The number of carboxylic acids is 1. The van der Waals surface area contributed by atoms with Crippen LogP contribution in [0.3, 0.4) is 0 Å². The quantitative estimate of drug-likeness (QED) is 0.353. The van der Waals surface area contributed by atoms with Crippen LogP contribution in [0.2, 0.25) is 0 Å². The molecule has 1 aromatic heterocycles. The molecule has 28 heavy (non-hydrogen) atoms. The summed E-state index contributed by atoms with van der Waals surface area (Å²) in [6.45, 7) is 0. The average Bonchev–Trinajstić information content (AvgIpc) is 3.11. The molecule has 0 saturated carbocycles. The van der Waals surface area contributed by atoms with Crippen molar-refractivity contribution in [2.75, 3.05) is 0 Å². The third-order valence-electron chi connectivity index (χ3n) is 4.34. The molecule has 4 aromatic rings. The number of carbonyl (C=O) groups is 1. The number of benzene rings is 3. The molecule has 0 aliphatic carbocycles. The standard InChI is InChI=1S/C22H14Br2N2O2/c23-16-8-6-14(7-9-16)20-19(22(27)28)21(15-4-2-1-3-5-15)26(25-20)18-12-10-17(24)11-13-18/h1-13H,(H,27,28). The van der Waals surface area contributed by atoms with E-state index in [-0.39, 0.29) is 5.56 Å². The smallest absolute Gasteiger partial charge is 0.340 e. The van der Waals surface area contributed by atoms with Gasteiger partial charge in [-0.2, -0.15) is 5.10 Å². The summed E-state index contributed by atoms with van der Waals surface area (Å²) in [7, 11) is 0. The van der Waals surface area contributed by atoms with Crippen molar-refractivity contribution in [3.8, 4) is 28.2 Å². The van der Waals surface area contributed by atoms with Crippen LogP contribution in [0.5, 0.6) is 0 Å². The van der Waals surface area contributed by atoms with Crippen molar-refractivity contribution in [1.29, 1.82) is 0 Å². The van der Waals surface area contributed by atoms with Crippen molar-refractivity contribution in [2.45, 2.75) is 0 Å². The first-order valence-corrected chi connectivity index (χ1v) is 10.1. The van der Waals surface area contributed by atoms with Gasteiger partial charge in [-0.05, 0) is 36.4 Å². The van der Waals surface area contributed by atoms with Crippen LogP contribution < -0.4 is 0 Å². The van der Waals surface area contributed by atoms with Gasteiger partial charge in [0.05, 0.1) is 11.4 Å². The fraction of sp³-hybridized carbons (Fsp3) is 0. The summed E-state index contributed by atoms with van der Waals surface area (Å²) in [5, 5.41) is 14.8. The molecule has 0 amide bonds. The largest absolute Gasteiger partial charge is 0.478 e. The summed E-state index contributed by atoms with van der Waals surface area (Å²) in [6.07, 6.45) is 0. The van der Waals surface area contributed by atoms with Crippen molar-refractivity contribution in [2.24, 2.45) is 0 Å². The van der Waals surface area contributed by atoms with Gasteiger partial charge in [0, 0.05) is 20.1 Å². The molecule has 0 unspecified atom stereocenters. The van der Waals surface area contributed by atoms with E-state index in [0.29, 0.717) is 11.4 Å². The van der Waals surface area contributed by atoms with Gasteiger partial charge in [0.25, 0.3) is 0 Å². The summed E-state index contributed by atoms with van der Waals surface area (Å²) in [5.41, 5.74) is 3.48. The van der Waals surface area contributed by atoms with Crippen molar-refractivity contribution in [3.63, 3.8) is 0 Å². The Morgan fingerprint density at radius 2 is 1.36 bits per heavy atom. The highest BCUT2D eigenvalue weighted by Crippen LogP contribution is 2.35. The highest BCUT2D eigenvalue weighted by Gasteiger charge is 2.26. The first-order valence-electron chi connectivity index (χ1n) is 8.48. The molecule has 0 aliphatic heterocycles. The number of halogens is 2. The molecule has 0 aliphatic rings. The topological polar surface area (TPSA) is 55.1 Å². The van der Waals surface area contributed by atoms with E-state index in [9.17, 15) is 9.90 Å². The zero-order chi connectivity index (χ0) is 19.7. The predicted molar refractivity (Wildman–Crippen MR) is 117 cm³/mol. The highest BCUT2D eigenvalue weighted by molar-refractivity contribution is 9.10. The molecule has 0 spiro atoms. The van der Waals surface area contributed by atoms with Gasteiger partial charge < -0.3 is 5.11 Å². The van der Waals surface area contributed by atoms with Gasteiger partial charge >= 0.3 is 5.97 Å². The highest BCUT2D eigenvalue weighted by atomic mass is 79.9. The Labute approximate surface area is 178 Å². The Bertz CT molecular complexity index is 1140. The van der Waals surface area contributed by atoms with Gasteiger partial charge in [0.15, 0.2) is 0 Å². The Morgan fingerprint density at radius 1 is 0.786 bits per heavy atom. The maximum atomic E-state index is 12.3. The molecule has 6 heteroatoms.